The average molecular weight is 350 g/mol. The molecule has 1 aliphatic heterocycles. The Morgan fingerprint density at radius 3 is 2.48 bits per heavy atom. The summed E-state index contributed by atoms with van der Waals surface area (Å²) in [6, 6.07) is 7.22. The molecule has 0 saturated carbocycles. The van der Waals surface area contributed by atoms with Gasteiger partial charge in [-0.1, -0.05) is 36.1 Å². The lowest BCUT2D eigenvalue weighted by atomic mass is 10.2. The van der Waals surface area contributed by atoms with Crippen molar-refractivity contribution in [3.05, 3.63) is 34.7 Å². The van der Waals surface area contributed by atoms with Crippen LogP contribution in [-0.2, 0) is 9.59 Å². The number of amides is 2. The van der Waals surface area contributed by atoms with Crippen LogP contribution in [0.2, 0.25) is 0 Å². The first-order valence-corrected chi connectivity index (χ1v) is 8.51. The van der Waals surface area contributed by atoms with Crippen LogP contribution in [0.4, 0.5) is 0 Å². The molecule has 1 N–H and O–H groups in total. The van der Waals surface area contributed by atoms with Gasteiger partial charge in [0.1, 0.15) is 10.1 Å². The lowest BCUT2D eigenvalue weighted by Crippen LogP contribution is -2.34. The van der Waals surface area contributed by atoms with Gasteiger partial charge in [0.2, 0.25) is 0 Å². The average Bonchev–Trinajstić information content (AvgIpc) is 2.85. The molecule has 0 bridgehead atoms. The molecule has 1 aromatic carbocycles. The van der Waals surface area contributed by atoms with Crippen LogP contribution in [-0.4, -0.2) is 40.7 Å². The zero-order valence-corrected chi connectivity index (χ0v) is 14.6. The number of hydrogen-bond acceptors (Lipinski definition) is 5. The van der Waals surface area contributed by atoms with Crippen LogP contribution in [0.1, 0.15) is 19.4 Å². The van der Waals surface area contributed by atoms with Gasteiger partial charge in [0, 0.05) is 13.1 Å². The molecular formula is C16H18N2O3S2. The Morgan fingerprint density at radius 1 is 1.30 bits per heavy atom. The number of likely N-dealkylation sites (N-methyl/N-ethyl adjacent to an activating group) is 1. The Bertz CT molecular complexity index is 637. The van der Waals surface area contributed by atoms with E-state index in [1.165, 1.54) is 11.8 Å². The van der Waals surface area contributed by atoms with Crippen molar-refractivity contribution in [1.29, 1.82) is 0 Å². The minimum atomic E-state index is -0.176. The molecule has 2 amide bonds. The van der Waals surface area contributed by atoms with Gasteiger partial charge in [-0.3, -0.25) is 9.59 Å². The third kappa shape index (κ3) is 4.80. The standard InChI is InChI=1S/C16H18N2O3S2/c1-3-18(4-2)14(19)10-21-12-7-5-11(6-8-12)9-13-15(20)17-16(22)23-13/h5-9H,3-4,10H2,1-2H3,(H,17,20,22)/b13-9+. The zero-order chi connectivity index (χ0) is 16.8. The number of benzene rings is 1. The smallest absolute Gasteiger partial charge is 0.263 e. The normalized spacial score (nSPS) is 15.7. The Morgan fingerprint density at radius 2 is 1.96 bits per heavy atom. The molecular weight excluding hydrogens is 332 g/mol. The first-order valence-electron chi connectivity index (χ1n) is 7.29. The quantitative estimate of drug-likeness (QED) is 0.631. The molecule has 1 fully saturated rings. The van der Waals surface area contributed by atoms with Crippen molar-refractivity contribution in [2.75, 3.05) is 19.7 Å². The van der Waals surface area contributed by atoms with E-state index in [1.807, 2.05) is 26.0 Å². The van der Waals surface area contributed by atoms with Crippen molar-refractivity contribution in [1.82, 2.24) is 10.2 Å². The Kier molecular flexibility index (Phi) is 6.18. The number of nitrogens with one attached hydrogen (secondary N) is 1. The molecule has 122 valence electrons. The molecule has 1 aliphatic rings. The van der Waals surface area contributed by atoms with Crippen molar-refractivity contribution in [2.45, 2.75) is 13.8 Å². The molecule has 23 heavy (non-hydrogen) atoms. The third-order valence-corrected chi connectivity index (χ3v) is 4.46. The molecule has 0 aliphatic carbocycles. The predicted octanol–water partition coefficient (Wildman–Crippen LogP) is 2.42. The van der Waals surface area contributed by atoms with Crippen LogP contribution in [0.25, 0.3) is 6.08 Å². The summed E-state index contributed by atoms with van der Waals surface area (Å²) in [5.41, 5.74) is 0.870. The molecule has 0 atom stereocenters. The SMILES string of the molecule is CCN(CC)C(=O)COc1ccc(/C=C2/SC(=S)NC2=O)cc1. The maximum Gasteiger partial charge on any atom is 0.263 e. The highest BCUT2D eigenvalue weighted by molar-refractivity contribution is 8.26. The number of carbonyl (C=O) groups is 2. The summed E-state index contributed by atoms with van der Waals surface area (Å²) in [6.45, 7) is 5.24. The summed E-state index contributed by atoms with van der Waals surface area (Å²) < 4.78 is 5.97. The Labute approximate surface area is 145 Å². The fourth-order valence-electron chi connectivity index (χ4n) is 2.05. The van der Waals surface area contributed by atoms with Crippen molar-refractivity contribution in [3.63, 3.8) is 0 Å². The van der Waals surface area contributed by atoms with E-state index in [1.54, 1.807) is 23.1 Å². The largest absolute Gasteiger partial charge is 0.484 e. The molecule has 5 nitrogen and oxygen atoms in total. The molecule has 1 heterocycles. The van der Waals surface area contributed by atoms with Crippen LogP contribution in [0, 0.1) is 0 Å². The van der Waals surface area contributed by atoms with E-state index >= 15 is 0 Å². The second kappa shape index (κ2) is 8.12. The van der Waals surface area contributed by atoms with Gasteiger partial charge < -0.3 is 15.0 Å². The van der Waals surface area contributed by atoms with Crippen molar-refractivity contribution in [2.24, 2.45) is 0 Å². The fourth-order valence-corrected chi connectivity index (χ4v) is 3.09. The van der Waals surface area contributed by atoms with Crippen molar-refractivity contribution in [3.8, 4) is 5.75 Å². The van der Waals surface area contributed by atoms with Crippen LogP contribution < -0.4 is 10.1 Å². The highest BCUT2D eigenvalue weighted by Gasteiger charge is 2.21. The third-order valence-electron chi connectivity index (χ3n) is 3.30. The molecule has 1 aromatic rings. The molecule has 7 heteroatoms. The first-order chi connectivity index (χ1) is 11.0. The summed E-state index contributed by atoms with van der Waals surface area (Å²) in [5.74, 6) is 0.408. The van der Waals surface area contributed by atoms with E-state index < -0.39 is 0 Å². The van der Waals surface area contributed by atoms with E-state index in [2.05, 4.69) is 5.32 Å². The second-order valence-corrected chi connectivity index (χ2v) is 6.49. The van der Waals surface area contributed by atoms with E-state index in [-0.39, 0.29) is 18.4 Å². The van der Waals surface area contributed by atoms with E-state index in [9.17, 15) is 9.59 Å². The van der Waals surface area contributed by atoms with Gasteiger partial charge in [-0.25, -0.2) is 0 Å². The van der Waals surface area contributed by atoms with E-state index in [0.717, 1.165) is 5.56 Å². The monoisotopic (exact) mass is 350 g/mol. The lowest BCUT2D eigenvalue weighted by Gasteiger charge is -2.18. The molecule has 1 saturated heterocycles. The van der Waals surface area contributed by atoms with Crippen LogP contribution in [0.5, 0.6) is 5.75 Å². The number of nitrogens with zero attached hydrogens (tertiary/aromatic N) is 1. The minimum Gasteiger partial charge on any atom is -0.484 e. The van der Waals surface area contributed by atoms with Gasteiger partial charge in [-0.15, -0.1) is 0 Å². The highest BCUT2D eigenvalue weighted by Crippen LogP contribution is 2.26. The van der Waals surface area contributed by atoms with Gasteiger partial charge >= 0.3 is 0 Å². The van der Waals surface area contributed by atoms with Crippen molar-refractivity contribution >= 4 is 46.2 Å². The second-order valence-electron chi connectivity index (χ2n) is 4.78. The summed E-state index contributed by atoms with van der Waals surface area (Å²) >= 11 is 6.19. The van der Waals surface area contributed by atoms with Crippen LogP contribution >= 0.6 is 24.0 Å². The number of carbonyl (C=O) groups excluding carboxylic acids is 2. The van der Waals surface area contributed by atoms with Crippen LogP contribution in [0.15, 0.2) is 29.2 Å². The van der Waals surface area contributed by atoms with E-state index in [4.69, 9.17) is 17.0 Å². The van der Waals surface area contributed by atoms with E-state index in [0.29, 0.717) is 28.1 Å². The van der Waals surface area contributed by atoms with Gasteiger partial charge in [0.05, 0.1) is 4.91 Å². The van der Waals surface area contributed by atoms with Gasteiger partial charge in [-0.2, -0.15) is 0 Å². The molecule has 2 rings (SSSR count). The molecule has 0 spiro atoms. The summed E-state index contributed by atoms with van der Waals surface area (Å²) in [5, 5.41) is 2.57. The number of thiocarbonyl (C=S) groups is 1. The number of hydrogen-bond donors (Lipinski definition) is 1. The number of thioether (sulfide) groups is 1. The number of rotatable bonds is 6. The molecule has 0 aromatic heterocycles. The topological polar surface area (TPSA) is 58.6 Å². The Balaban J connectivity index is 1.95. The summed E-state index contributed by atoms with van der Waals surface area (Å²) in [4.78, 5) is 25.8. The summed E-state index contributed by atoms with van der Waals surface area (Å²) in [6.07, 6.45) is 1.77. The predicted molar refractivity (Wildman–Crippen MR) is 96.2 cm³/mol. The maximum absolute atomic E-state index is 11.9. The van der Waals surface area contributed by atoms with Gasteiger partial charge in [-0.05, 0) is 37.6 Å². The first kappa shape index (κ1) is 17.5. The summed E-state index contributed by atoms with van der Waals surface area (Å²) in [7, 11) is 0. The molecule has 0 radical (unpaired) electrons. The Hall–Kier alpha value is -1.86. The highest BCUT2D eigenvalue weighted by atomic mass is 32.2. The fraction of sp³-hybridized carbons (Fsp3) is 0.312. The number of ether oxygens (including phenoxy) is 1. The lowest BCUT2D eigenvalue weighted by molar-refractivity contribution is -0.133. The van der Waals surface area contributed by atoms with Crippen LogP contribution in [0.3, 0.4) is 0 Å². The van der Waals surface area contributed by atoms with Gasteiger partial charge in [0.15, 0.2) is 6.61 Å². The minimum absolute atomic E-state index is 0.0225. The van der Waals surface area contributed by atoms with Gasteiger partial charge in [0.25, 0.3) is 11.8 Å². The van der Waals surface area contributed by atoms with Crippen molar-refractivity contribution < 1.29 is 14.3 Å². The zero-order valence-electron chi connectivity index (χ0n) is 13.0. The maximum atomic E-state index is 11.9. The molecule has 0 unspecified atom stereocenters.